The van der Waals surface area contributed by atoms with E-state index in [4.69, 9.17) is 9.47 Å². The van der Waals surface area contributed by atoms with Gasteiger partial charge in [-0.25, -0.2) is 0 Å². The Hall–Kier alpha value is -0.570. The van der Waals surface area contributed by atoms with E-state index >= 15 is 0 Å². The van der Waals surface area contributed by atoms with Crippen LogP contribution in [0.2, 0.25) is 0 Å². The number of carbonyl (C=O) groups excluding carboxylic acids is 1. The Balaban J connectivity index is 1.92. The molecule has 0 bridgehead atoms. The zero-order valence-electron chi connectivity index (χ0n) is 12.1. The number of ether oxygens (including phenoxy) is 2. The van der Waals surface area contributed by atoms with E-state index in [1.807, 2.05) is 0 Å². The topological polar surface area (TPSA) is 38.8 Å². The summed E-state index contributed by atoms with van der Waals surface area (Å²) in [5, 5.41) is 0. The molecule has 3 heteroatoms. The normalized spacial score (nSPS) is 23.7. The van der Waals surface area contributed by atoms with Gasteiger partial charge >= 0.3 is 5.97 Å². The summed E-state index contributed by atoms with van der Waals surface area (Å²) >= 11 is 0. The minimum absolute atomic E-state index is 0.0388. The quantitative estimate of drug-likeness (QED) is 0.340. The highest BCUT2D eigenvalue weighted by Crippen LogP contribution is 2.27. The van der Waals surface area contributed by atoms with Crippen molar-refractivity contribution >= 4 is 5.97 Å². The van der Waals surface area contributed by atoms with Gasteiger partial charge in [0, 0.05) is 6.42 Å². The summed E-state index contributed by atoms with van der Waals surface area (Å²) in [4.78, 5) is 11.5. The molecule has 1 aliphatic heterocycles. The number of unbranched alkanes of at least 4 members (excludes halogenated alkanes) is 4. The first-order valence-corrected chi connectivity index (χ1v) is 7.44. The molecule has 3 unspecified atom stereocenters. The van der Waals surface area contributed by atoms with Crippen molar-refractivity contribution in [3.63, 3.8) is 0 Å². The SMILES string of the molecule is CCCCCCCC(=O)OCC(C)CC1OC1C. The van der Waals surface area contributed by atoms with Gasteiger partial charge in [0.1, 0.15) is 0 Å². The van der Waals surface area contributed by atoms with Gasteiger partial charge < -0.3 is 9.47 Å². The fourth-order valence-corrected chi connectivity index (χ4v) is 2.12. The molecule has 1 aliphatic rings. The van der Waals surface area contributed by atoms with Gasteiger partial charge in [0.05, 0.1) is 18.8 Å². The van der Waals surface area contributed by atoms with E-state index in [1.54, 1.807) is 0 Å². The maximum atomic E-state index is 11.5. The van der Waals surface area contributed by atoms with Crippen molar-refractivity contribution < 1.29 is 14.3 Å². The van der Waals surface area contributed by atoms with E-state index in [2.05, 4.69) is 20.8 Å². The molecular weight excluding hydrogens is 228 g/mol. The molecule has 1 heterocycles. The molecule has 1 fully saturated rings. The van der Waals surface area contributed by atoms with Crippen molar-refractivity contribution in [3.05, 3.63) is 0 Å². The highest BCUT2D eigenvalue weighted by Gasteiger charge is 2.35. The second-order valence-electron chi connectivity index (χ2n) is 5.57. The summed E-state index contributed by atoms with van der Waals surface area (Å²) in [7, 11) is 0. The summed E-state index contributed by atoms with van der Waals surface area (Å²) in [5.74, 6) is 0.368. The lowest BCUT2D eigenvalue weighted by molar-refractivity contribution is -0.145. The molecule has 0 saturated carbocycles. The standard InChI is InChI=1S/C15H28O3/c1-4-5-6-7-8-9-15(16)17-11-12(2)10-14-13(3)18-14/h12-14H,4-11H2,1-3H3. The Morgan fingerprint density at radius 1 is 1.28 bits per heavy atom. The van der Waals surface area contributed by atoms with Gasteiger partial charge in [0.15, 0.2) is 0 Å². The maximum Gasteiger partial charge on any atom is 0.305 e. The van der Waals surface area contributed by atoms with Gasteiger partial charge in [-0.05, 0) is 25.7 Å². The summed E-state index contributed by atoms with van der Waals surface area (Å²) < 4.78 is 10.6. The first kappa shape index (κ1) is 15.5. The third-order valence-electron chi connectivity index (χ3n) is 3.48. The molecule has 3 atom stereocenters. The average Bonchev–Trinajstić information content (AvgIpc) is 3.02. The molecule has 3 nitrogen and oxygen atoms in total. The molecule has 0 aromatic rings. The lowest BCUT2D eigenvalue weighted by Crippen LogP contribution is -2.13. The number of hydrogen-bond donors (Lipinski definition) is 0. The third-order valence-corrected chi connectivity index (χ3v) is 3.48. The predicted molar refractivity (Wildman–Crippen MR) is 72.5 cm³/mol. The van der Waals surface area contributed by atoms with Crippen LogP contribution < -0.4 is 0 Å². The second-order valence-corrected chi connectivity index (χ2v) is 5.57. The van der Waals surface area contributed by atoms with Crippen LogP contribution in [0, 0.1) is 5.92 Å². The second kappa shape index (κ2) is 8.52. The molecule has 1 saturated heterocycles. The molecule has 0 aromatic carbocycles. The number of carbonyl (C=O) groups is 1. The summed E-state index contributed by atoms with van der Waals surface area (Å²) in [5.41, 5.74) is 0. The molecule has 0 N–H and O–H groups in total. The van der Waals surface area contributed by atoms with Gasteiger partial charge in [-0.3, -0.25) is 4.79 Å². The molecule has 0 aliphatic carbocycles. The van der Waals surface area contributed by atoms with Crippen molar-refractivity contribution in [2.45, 2.75) is 77.9 Å². The average molecular weight is 256 g/mol. The van der Waals surface area contributed by atoms with Gasteiger partial charge in [0.2, 0.25) is 0 Å². The Morgan fingerprint density at radius 2 is 1.94 bits per heavy atom. The fraction of sp³-hybridized carbons (Fsp3) is 0.933. The van der Waals surface area contributed by atoms with Crippen LogP contribution in [0.15, 0.2) is 0 Å². The summed E-state index contributed by atoms with van der Waals surface area (Å²) in [6, 6.07) is 0. The van der Waals surface area contributed by atoms with Gasteiger partial charge in [-0.1, -0.05) is 39.5 Å². The summed E-state index contributed by atoms with van der Waals surface area (Å²) in [6.07, 6.45) is 8.24. The Kier molecular flexibility index (Phi) is 7.33. The smallest absolute Gasteiger partial charge is 0.305 e. The van der Waals surface area contributed by atoms with E-state index in [1.165, 1.54) is 19.3 Å². The van der Waals surface area contributed by atoms with Gasteiger partial charge in [0.25, 0.3) is 0 Å². The van der Waals surface area contributed by atoms with Gasteiger partial charge in [-0.2, -0.15) is 0 Å². The molecule has 0 amide bonds. The van der Waals surface area contributed by atoms with Crippen molar-refractivity contribution in [3.8, 4) is 0 Å². The van der Waals surface area contributed by atoms with Crippen LogP contribution in [0.5, 0.6) is 0 Å². The lowest BCUT2D eigenvalue weighted by atomic mass is 10.1. The molecule has 0 spiro atoms. The van der Waals surface area contributed by atoms with Crippen molar-refractivity contribution in [2.24, 2.45) is 5.92 Å². The molecule has 0 aromatic heterocycles. The maximum absolute atomic E-state index is 11.5. The Labute approximate surface area is 111 Å². The van der Waals surface area contributed by atoms with Crippen LogP contribution in [-0.4, -0.2) is 24.8 Å². The van der Waals surface area contributed by atoms with Crippen LogP contribution >= 0.6 is 0 Å². The predicted octanol–water partition coefficient (Wildman–Crippen LogP) is 3.70. The van der Waals surface area contributed by atoms with Crippen molar-refractivity contribution in [1.82, 2.24) is 0 Å². The zero-order valence-corrected chi connectivity index (χ0v) is 12.1. The Morgan fingerprint density at radius 3 is 2.56 bits per heavy atom. The van der Waals surface area contributed by atoms with E-state index in [0.717, 1.165) is 19.3 Å². The van der Waals surface area contributed by atoms with Crippen molar-refractivity contribution in [1.29, 1.82) is 0 Å². The first-order valence-electron chi connectivity index (χ1n) is 7.44. The lowest BCUT2D eigenvalue weighted by Gasteiger charge is -2.10. The van der Waals surface area contributed by atoms with Gasteiger partial charge in [-0.15, -0.1) is 0 Å². The number of rotatable bonds is 10. The highest BCUT2D eigenvalue weighted by molar-refractivity contribution is 5.69. The van der Waals surface area contributed by atoms with Crippen molar-refractivity contribution in [2.75, 3.05) is 6.61 Å². The van der Waals surface area contributed by atoms with E-state index in [9.17, 15) is 4.79 Å². The first-order chi connectivity index (χ1) is 8.63. The summed E-state index contributed by atoms with van der Waals surface area (Å²) in [6.45, 7) is 6.93. The highest BCUT2D eigenvalue weighted by atomic mass is 16.6. The molecule has 1 rings (SSSR count). The number of epoxide rings is 1. The van der Waals surface area contributed by atoms with E-state index < -0.39 is 0 Å². The zero-order chi connectivity index (χ0) is 13.4. The van der Waals surface area contributed by atoms with Crippen LogP contribution in [0.4, 0.5) is 0 Å². The molecule has 0 radical (unpaired) electrons. The third kappa shape index (κ3) is 7.00. The largest absolute Gasteiger partial charge is 0.465 e. The minimum Gasteiger partial charge on any atom is -0.465 e. The van der Waals surface area contributed by atoms with Crippen LogP contribution in [0.3, 0.4) is 0 Å². The van der Waals surface area contributed by atoms with E-state index in [-0.39, 0.29) is 5.97 Å². The molecule has 18 heavy (non-hydrogen) atoms. The molecule has 106 valence electrons. The molecular formula is C15H28O3. The van der Waals surface area contributed by atoms with E-state index in [0.29, 0.717) is 31.2 Å². The number of hydrogen-bond acceptors (Lipinski definition) is 3. The fourth-order valence-electron chi connectivity index (χ4n) is 2.12. The van der Waals surface area contributed by atoms with Crippen LogP contribution in [0.1, 0.15) is 65.7 Å². The minimum atomic E-state index is -0.0388. The van der Waals surface area contributed by atoms with Crippen LogP contribution in [0.25, 0.3) is 0 Å². The Bertz CT molecular complexity index is 240. The monoisotopic (exact) mass is 256 g/mol. The van der Waals surface area contributed by atoms with Crippen LogP contribution in [-0.2, 0) is 14.3 Å². The number of esters is 1.